The maximum Gasteiger partial charge on any atom is 0.253 e. The zero-order valence-corrected chi connectivity index (χ0v) is 14.0. The van der Waals surface area contributed by atoms with Gasteiger partial charge in [-0.3, -0.25) is 9.59 Å². The van der Waals surface area contributed by atoms with Crippen molar-refractivity contribution in [3.63, 3.8) is 0 Å². The summed E-state index contributed by atoms with van der Waals surface area (Å²) in [4.78, 5) is 24.4. The van der Waals surface area contributed by atoms with E-state index >= 15 is 0 Å². The molecule has 1 aromatic rings. The first-order valence-corrected chi connectivity index (χ1v) is 8.46. The van der Waals surface area contributed by atoms with Crippen molar-refractivity contribution in [3.8, 4) is 0 Å². The van der Waals surface area contributed by atoms with Gasteiger partial charge in [-0.25, -0.2) is 0 Å². The van der Waals surface area contributed by atoms with Gasteiger partial charge in [0, 0.05) is 19.0 Å². The third kappa shape index (κ3) is 5.67. The van der Waals surface area contributed by atoms with Crippen LogP contribution < -0.4 is 16.0 Å². The van der Waals surface area contributed by atoms with E-state index in [1.54, 1.807) is 12.1 Å². The normalized spacial score (nSPS) is 17.3. The third-order valence-corrected chi connectivity index (χ3v) is 4.00. The second-order valence-electron chi connectivity index (χ2n) is 6.53. The molecule has 1 aromatic carbocycles. The first-order valence-electron chi connectivity index (χ1n) is 8.46. The molecule has 5 nitrogen and oxygen atoms in total. The van der Waals surface area contributed by atoms with Crippen LogP contribution in [-0.2, 0) is 4.79 Å². The largest absolute Gasteiger partial charge is 0.352 e. The molecule has 1 fully saturated rings. The molecule has 0 aromatic heterocycles. The van der Waals surface area contributed by atoms with Gasteiger partial charge < -0.3 is 16.0 Å². The summed E-state index contributed by atoms with van der Waals surface area (Å²) in [5.41, 5.74) is 1.10. The number of anilines is 1. The monoisotopic (exact) mass is 317 g/mol. The van der Waals surface area contributed by atoms with Crippen molar-refractivity contribution in [2.45, 2.75) is 45.6 Å². The van der Waals surface area contributed by atoms with Crippen molar-refractivity contribution in [1.29, 1.82) is 0 Å². The number of nitrogens with one attached hydrogen (secondary N) is 3. The zero-order chi connectivity index (χ0) is 16.7. The SMILES string of the molecule is CC(C)CNC(=O)c1ccccc1NC(=O)CCC1CCCN1. The number of carbonyl (C=O) groups excluding carboxylic acids is 2. The smallest absolute Gasteiger partial charge is 0.253 e. The van der Waals surface area contributed by atoms with E-state index in [-0.39, 0.29) is 11.8 Å². The Kier molecular flexibility index (Phi) is 6.59. The van der Waals surface area contributed by atoms with Crippen LogP contribution in [0.1, 0.15) is 49.9 Å². The summed E-state index contributed by atoms with van der Waals surface area (Å²) in [6, 6.07) is 7.60. The summed E-state index contributed by atoms with van der Waals surface area (Å²) in [6.45, 7) is 5.76. The first kappa shape index (κ1) is 17.5. The fourth-order valence-corrected chi connectivity index (χ4v) is 2.70. The van der Waals surface area contributed by atoms with E-state index in [2.05, 4.69) is 16.0 Å². The molecule has 0 spiro atoms. The maximum absolute atomic E-state index is 12.2. The van der Waals surface area contributed by atoms with Gasteiger partial charge in [0.25, 0.3) is 5.91 Å². The summed E-state index contributed by atoms with van der Waals surface area (Å²) in [6.07, 6.45) is 3.64. The Bertz CT molecular complexity index is 537. The molecule has 23 heavy (non-hydrogen) atoms. The number of carbonyl (C=O) groups is 2. The van der Waals surface area contributed by atoms with Crippen molar-refractivity contribution in [2.75, 3.05) is 18.4 Å². The van der Waals surface area contributed by atoms with E-state index in [1.165, 1.54) is 6.42 Å². The van der Waals surface area contributed by atoms with Crippen molar-refractivity contribution < 1.29 is 9.59 Å². The van der Waals surface area contributed by atoms with E-state index in [9.17, 15) is 9.59 Å². The molecule has 126 valence electrons. The molecule has 3 N–H and O–H groups in total. The molecule has 0 saturated carbocycles. The lowest BCUT2D eigenvalue weighted by molar-refractivity contribution is -0.116. The average Bonchev–Trinajstić information content (AvgIpc) is 3.04. The fourth-order valence-electron chi connectivity index (χ4n) is 2.70. The Morgan fingerprint density at radius 1 is 1.30 bits per heavy atom. The predicted octanol–water partition coefficient (Wildman–Crippen LogP) is 2.54. The number of para-hydroxylation sites is 1. The topological polar surface area (TPSA) is 70.2 Å². The van der Waals surface area contributed by atoms with Crippen LogP contribution in [0.2, 0.25) is 0 Å². The summed E-state index contributed by atoms with van der Waals surface area (Å²) < 4.78 is 0. The maximum atomic E-state index is 12.2. The molecule has 2 rings (SSSR count). The Balaban J connectivity index is 1.90. The average molecular weight is 317 g/mol. The first-order chi connectivity index (χ1) is 11.1. The van der Waals surface area contributed by atoms with Gasteiger partial charge in [0.15, 0.2) is 0 Å². The number of hydrogen-bond donors (Lipinski definition) is 3. The van der Waals surface area contributed by atoms with Gasteiger partial charge in [0.1, 0.15) is 0 Å². The van der Waals surface area contributed by atoms with E-state index in [4.69, 9.17) is 0 Å². The lowest BCUT2D eigenvalue weighted by Crippen LogP contribution is -2.28. The standard InChI is InChI=1S/C18H27N3O2/c1-13(2)12-20-18(23)15-7-3-4-8-16(15)21-17(22)10-9-14-6-5-11-19-14/h3-4,7-8,13-14,19H,5-6,9-12H2,1-2H3,(H,20,23)(H,21,22). The number of benzene rings is 1. The molecule has 1 unspecified atom stereocenters. The van der Waals surface area contributed by atoms with Crippen molar-refractivity contribution in [1.82, 2.24) is 10.6 Å². The predicted molar refractivity (Wildman–Crippen MR) is 92.5 cm³/mol. The lowest BCUT2D eigenvalue weighted by Gasteiger charge is -2.13. The second kappa shape index (κ2) is 8.67. The second-order valence-corrected chi connectivity index (χ2v) is 6.53. The van der Waals surface area contributed by atoms with Gasteiger partial charge >= 0.3 is 0 Å². The molecule has 1 heterocycles. The third-order valence-electron chi connectivity index (χ3n) is 4.00. The summed E-state index contributed by atoms with van der Waals surface area (Å²) in [5.74, 6) is 0.203. The highest BCUT2D eigenvalue weighted by Crippen LogP contribution is 2.17. The molecule has 1 aliphatic heterocycles. The summed E-state index contributed by atoms with van der Waals surface area (Å²) in [5, 5.41) is 9.15. The zero-order valence-electron chi connectivity index (χ0n) is 14.0. The number of hydrogen-bond acceptors (Lipinski definition) is 3. The number of rotatable bonds is 7. The van der Waals surface area contributed by atoms with Crippen molar-refractivity contribution in [3.05, 3.63) is 29.8 Å². The van der Waals surface area contributed by atoms with Crippen LogP contribution in [0.5, 0.6) is 0 Å². The molecule has 1 saturated heterocycles. The van der Waals surface area contributed by atoms with Crippen molar-refractivity contribution in [2.24, 2.45) is 5.92 Å². The van der Waals surface area contributed by atoms with Crippen LogP contribution in [0.3, 0.4) is 0 Å². The highest BCUT2D eigenvalue weighted by molar-refractivity contribution is 6.03. The van der Waals surface area contributed by atoms with Gasteiger partial charge in [-0.15, -0.1) is 0 Å². The van der Waals surface area contributed by atoms with Gasteiger partial charge in [-0.2, -0.15) is 0 Å². The minimum absolute atomic E-state index is 0.0391. The Hall–Kier alpha value is -1.88. The van der Waals surface area contributed by atoms with Gasteiger partial charge in [-0.05, 0) is 43.9 Å². The van der Waals surface area contributed by atoms with Crippen LogP contribution in [0.25, 0.3) is 0 Å². The molecular formula is C18H27N3O2. The summed E-state index contributed by atoms with van der Waals surface area (Å²) in [7, 11) is 0. The quantitative estimate of drug-likeness (QED) is 0.724. The van der Waals surface area contributed by atoms with Crippen molar-refractivity contribution >= 4 is 17.5 Å². The molecular weight excluding hydrogens is 290 g/mol. The Morgan fingerprint density at radius 3 is 2.78 bits per heavy atom. The Labute approximate surface area is 138 Å². The Morgan fingerprint density at radius 2 is 2.09 bits per heavy atom. The molecule has 0 bridgehead atoms. The number of amides is 2. The molecule has 5 heteroatoms. The highest BCUT2D eigenvalue weighted by atomic mass is 16.2. The van der Waals surface area contributed by atoms with Crippen LogP contribution in [0, 0.1) is 5.92 Å². The molecule has 2 amide bonds. The van der Waals surface area contributed by atoms with E-state index in [0.29, 0.717) is 36.2 Å². The van der Waals surface area contributed by atoms with E-state index in [0.717, 1.165) is 19.4 Å². The van der Waals surface area contributed by atoms with Gasteiger partial charge in [-0.1, -0.05) is 26.0 Å². The van der Waals surface area contributed by atoms with Gasteiger partial charge in [0.2, 0.25) is 5.91 Å². The van der Waals surface area contributed by atoms with Crippen LogP contribution in [-0.4, -0.2) is 30.9 Å². The van der Waals surface area contributed by atoms with Crippen LogP contribution in [0.15, 0.2) is 24.3 Å². The molecule has 1 atom stereocenters. The van der Waals surface area contributed by atoms with Crippen LogP contribution in [0.4, 0.5) is 5.69 Å². The minimum Gasteiger partial charge on any atom is -0.352 e. The summed E-state index contributed by atoms with van der Waals surface area (Å²) >= 11 is 0. The lowest BCUT2D eigenvalue weighted by atomic mass is 10.1. The van der Waals surface area contributed by atoms with Crippen LogP contribution >= 0.6 is 0 Å². The molecule has 0 radical (unpaired) electrons. The van der Waals surface area contributed by atoms with Gasteiger partial charge in [0.05, 0.1) is 11.3 Å². The van der Waals surface area contributed by atoms with E-state index in [1.807, 2.05) is 26.0 Å². The molecule has 1 aliphatic rings. The minimum atomic E-state index is -0.146. The molecule has 0 aliphatic carbocycles. The van der Waals surface area contributed by atoms with E-state index < -0.39 is 0 Å². The highest BCUT2D eigenvalue weighted by Gasteiger charge is 2.17. The fraction of sp³-hybridized carbons (Fsp3) is 0.556.